The van der Waals surface area contributed by atoms with E-state index in [4.69, 9.17) is 11.6 Å². The second-order valence-electron chi connectivity index (χ2n) is 6.98. The van der Waals surface area contributed by atoms with Crippen molar-refractivity contribution in [3.05, 3.63) is 51.4 Å². The summed E-state index contributed by atoms with van der Waals surface area (Å²) < 4.78 is 0. The van der Waals surface area contributed by atoms with Gasteiger partial charge in [0.25, 0.3) is 5.00 Å². The number of allylic oxidation sites excluding steroid dienone is 1. The Labute approximate surface area is 165 Å². The van der Waals surface area contributed by atoms with E-state index < -0.39 is 18.2 Å². The van der Waals surface area contributed by atoms with Gasteiger partial charge in [-0.25, -0.2) is 10.9 Å². The number of carboxylic acid groups (broad SMARTS) is 1. The monoisotopic (exact) mass is 402 g/mol. The normalized spacial score (nSPS) is 23.9. The molecule has 140 valence electrons. The molecule has 3 heterocycles. The van der Waals surface area contributed by atoms with Crippen molar-refractivity contribution < 1.29 is 9.90 Å². The summed E-state index contributed by atoms with van der Waals surface area (Å²) in [6, 6.07) is 6.53. The van der Waals surface area contributed by atoms with Gasteiger partial charge < -0.3 is 14.8 Å². The van der Waals surface area contributed by atoms with E-state index in [-0.39, 0.29) is 10.5 Å². The minimum atomic E-state index is -1.11. The first kappa shape index (κ1) is 17.1. The van der Waals surface area contributed by atoms with Gasteiger partial charge in [-0.3, -0.25) is 4.90 Å². The Morgan fingerprint density at radius 3 is 2.89 bits per heavy atom. The molecule has 0 radical (unpaired) electrons. The molecule has 8 heteroatoms. The largest absolute Gasteiger partial charge is 0.548 e. The maximum absolute atomic E-state index is 12.2. The fourth-order valence-corrected chi connectivity index (χ4v) is 6.86. The van der Waals surface area contributed by atoms with Crippen molar-refractivity contribution >= 4 is 44.8 Å². The summed E-state index contributed by atoms with van der Waals surface area (Å²) in [6.07, 6.45) is 7.10. The number of para-hydroxylation sites is 1. The summed E-state index contributed by atoms with van der Waals surface area (Å²) in [4.78, 5) is 17.6. The average Bonchev–Trinajstić information content (AvgIpc) is 3.32. The number of hydrazine groups is 1. The number of hydrogen-bond acceptors (Lipinski definition) is 6. The van der Waals surface area contributed by atoms with Crippen LogP contribution in [0.3, 0.4) is 0 Å². The second kappa shape index (κ2) is 6.24. The number of carboxylic acids is 1. The number of nitrogens with zero attached hydrogens (tertiary/aromatic N) is 2. The molecular formula is C19H19ClN4O2S. The average molecular weight is 403 g/mol. The van der Waals surface area contributed by atoms with Crippen molar-refractivity contribution in [1.29, 1.82) is 0 Å². The summed E-state index contributed by atoms with van der Waals surface area (Å²) in [7, 11) is -0.0760. The van der Waals surface area contributed by atoms with Gasteiger partial charge in [0.15, 0.2) is 4.88 Å². The van der Waals surface area contributed by atoms with Crippen molar-refractivity contribution in [3.63, 3.8) is 0 Å². The van der Waals surface area contributed by atoms with Gasteiger partial charge >= 0.3 is 0 Å². The molecule has 3 aliphatic rings. The van der Waals surface area contributed by atoms with E-state index >= 15 is 0 Å². The maximum atomic E-state index is 12.2. The third kappa shape index (κ3) is 2.42. The summed E-state index contributed by atoms with van der Waals surface area (Å²) in [6.45, 7) is 1.06. The van der Waals surface area contributed by atoms with Crippen LogP contribution in [0.15, 0.2) is 30.3 Å². The predicted octanol–water partition coefficient (Wildman–Crippen LogP) is 1.53. The van der Waals surface area contributed by atoms with Crippen LogP contribution in [0.25, 0.3) is 6.08 Å². The highest BCUT2D eigenvalue weighted by Gasteiger charge is 2.47. The number of carbonyl (C=O) groups excluding carboxylic acids is 1. The van der Waals surface area contributed by atoms with Crippen molar-refractivity contribution in [3.8, 4) is 0 Å². The van der Waals surface area contributed by atoms with E-state index in [0.717, 1.165) is 6.42 Å². The molecule has 5 rings (SSSR count). The Balaban J connectivity index is 1.73. The van der Waals surface area contributed by atoms with Crippen LogP contribution in [0.4, 0.5) is 10.7 Å². The first-order valence-corrected chi connectivity index (χ1v) is 10.8. The zero-order valence-corrected chi connectivity index (χ0v) is 16.3. The molecule has 27 heavy (non-hydrogen) atoms. The van der Waals surface area contributed by atoms with Gasteiger partial charge in [0, 0.05) is 16.0 Å². The van der Waals surface area contributed by atoms with E-state index in [1.165, 1.54) is 21.0 Å². The van der Waals surface area contributed by atoms with Crippen LogP contribution in [0, 0.1) is 0 Å². The maximum Gasteiger partial charge on any atom is 0.251 e. The Hall–Kier alpha value is -2.06. The van der Waals surface area contributed by atoms with E-state index in [2.05, 4.69) is 34.2 Å². The number of benzene rings is 1. The molecule has 1 saturated heterocycles. The van der Waals surface area contributed by atoms with E-state index in [1.54, 1.807) is 6.07 Å². The molecule has 0 saturated carbocycles. The third-order valence-corrected chi connectivity index (χ3v) is 8.02. The van der Waals surface area contributed by atoms with E-state index in [9.17, 15) is 9.90 Å². The first-order valence-electron chi connectivity index (χ1n) is 8.84. The lowest BCUT2D eigenvalue weighted by atomic mass is 10.1. The minimum absolute atomic E-state index is 0.0760. The van der Waals surface area contributed by atoms with Crippen LogP contribution in [0.2, 0.25) is 5.02 Å². The molecule has 2 N–H and O–H groups in total. The minimum Gasteiger partial charge on any atom is -0.548 e. The summed E-state index contributed by atoms with van der Waals surface area (Å²) >= 11 is 6.46. The zero-order chi connectivity index (χ0) is 18.7. The Morgan fingerprint density at radius 1 is 1.30 bits per heavy atom. The van der Waals surface area contributed by atoms with Gasteiger partial charge in [-0.15, -0.1) is 0 Å². The second-order valence-corrected chi connectivity index (χ2v) is 9.23. The number of anilines is 2. The molecule has 1 aromatic heterocycles. The summed E-state index contributed by atoms with van der Waals surface area (Å²) in [5, 5.41) is 14.0. The van der Waals surface area contributed by atoms with Crippen LogP contribution in [0.1, 0.15) is 16.0 Å². The molecule has 2 aliphatic heterocycles. The number of nitrogens with one attached hydrogen (secondary N) is 2. The molecule has 1 aliphatic carbocycles. The van der Waals surface area contributed by atoms with Gasteiger partial charge in [0.2, 0.25) is 0 Å². The number of halogens is 1. The molecule has 0 amide bonds. The highest BCUT2D eigenvalue weighted by molar-refractivity contribution is 7.34. The SMILES string of the molecule is C[s+]1c2c(c3c1N1CNNC1C(C(=O)[O-])N(c1ccccc1Cl)C3)CC=C2. The van der Waals surface area contributed by atoms with Crippen LogP contribution in [-0.4, -0.2) is 24.8 Å². The third-order valence-electron chi connectivity index (χ3n) is 5.59. The summed E-state index contributed by atoms with van der Waals surface area (Å²) in [5.41, 5.74) is 9.54. The highest BCUT2D eigenvalue weighted by Crippen LogP contribution is 2.50. The number of aliphatic carboxylic acids is 1. The summed E-state index contributed by atoms with van der Waals surface area (Å²) in [5.74, 6) is -1.11. The molecular weight excluding hydrogens is 384 g/mol. The molecule has 2 aromatic rings. The van der Waals surface area contributed by atoms with Crippen LogP contribution < -0.4 is 25.8 Å². The van der Waals surface area contributed by atoms with Crippen molar-refractivity contribution in [2.75, 3.05) is 16.5 Å². The van der Waals surface area contributed by atoms with Gasteiger partial charge in [0.05, 0.1) is 35.5 Å². The fraction of sp³-hybridized carbons (Fsp3) is 0.316. The molecule has 1 aromatic carbocycles. The van der Waals surface area contributed by atoms with Crippen LogP contribution in [0.5, 0.6) is 0 Å². The zero-order valence-electron chi connectivity index (χ0n) is 14.7. The molecule has 1 fully saturated rings. The lowest BCUT2D eigenvalue weighted by Gasteiger charge is -2.37. The van der Waals surface area contributed by atoms with Crippen LogP contribution >= 0.6 is 22.1 Å². The fourth-order valence-electron chi connectivity index (χ4n) is 4.45. The van der Waals surface area contributed by atoms with Crippen LogP contribution in [-0.2, 0) is 24.0 Å². The van der Waals surface area contributed by atoms with Crippen molar-refractivity contribution in [2.24, 2.45) is 6.26 Å². The van der Waals surface area contributed by atoms with E-state index in [0.29, 0.717) is 23.9 Å². The quantitative estimate of drug-likeness (QED) is 0.742. The lowest BCUT2D eigenvalue weighted by Crippen LogP contribution is -2.60. The predicted molar refractivity (Wildman–Crippen MR) is 106 cm³/mol. The highest BCUT2D eigenvalue weighted by atomic mass is 35.5. The number of carbonyl (C=O) groups is 1. The lowest BCUT2D eigenvalue weighted by molar-refractivity contribution is -0.308. The van der Waals surface area contributed by atoms with Crippen molar-refractivity contribution in [2.45, 2.75) is 25.2 Å². The molecule has 3 unspecified atom stereocenters. The van der Waals surface area contributed by atoms with Crippen molar-refractivity contribution in [1.82, 2.24) is 10.9 Å². The molecule has 0 spiro atoms. The topological polar surface area (TPSA) is 70.7 Å². The molecule has 0 bridgehead atoms. The number of hydrogen-bond donors (Lipinski definition) is 2. The first-order chi connectivity index (χ1) is 13.1. The van der Waals surface area contributed by atoms with Gasteiger partial charge in [0.1, 0.15) is 18.5 Å². The van der Waals surface area contributed by atoms with Gasteiger partial charge in [-0.05, 0) is 24.6 Å². The number of rotatable bonds is 2. The Bertz CT molecular complexity index is 973. The molecule has 6 nitrogen and oxygen atoms in total. The Morgan fingerprint density at radius 2 is 2.11 bits per heavy atom. The number of thiophene rings is 1. The van der Waals surface area contributed by atoms with Gasteiger partial charge in [-0.2, -0.15) is 0 Å². The number of fused-ring (bicyclic) bond motifs is 5. The standard InChI is InChI=1S/C19H19ClN4O2S/c1-27-15-8-4-5-11(15)12-9-23(14-7-3-2-6-13(14)20)16(19(25)26)17-22-21-10-24(17)18(12)27/h2-4,6-8,16-17,21-22H,5,9-10H2,1H3. The van der Waals surface area contributed by atoms with E-state index in [1.807, 2.05) is 23.1 Å². The van der Waals surface area contributed by atoms with Gasteiger partial charge in [-0.1, -0.05) is 29.8 Å². The smallest absolute Gasteiger partial charge is 0.251 e. The Kier molecular flexibility index (Phi) is 3.94. The molecule has 3 atom stereocenters.